The Bertz CT molecular complexity index is 359. The summed E-state index contributed by atoms with van der Waals surface area (Å²) < 4.78 is 16.1. The molecule has 0 aliphatic carbocycles. The van der Waals surface area contributed by atoms with Crippen LogP contribution in [0.25, 0.3) is 0 Å². The van der Waals surface area contributed by atoms with E-state index in [0.717, 1.165) is 19.4 Å². The van der Waals surface area contributed by atoms with Crippen molar-refractivity contribution in [3.05, 3.63) is 24.3 Å². The van der Waals surface area contributed by atoms with Crippen LogP contribution in [0.1, 0.15) is 19.8 Å². The van der Waals surface area contributed by atoms with Gasteiger partial charge in [-0.1, -0.05) is 19.4 Å². The van der Waals surface area contributed by atoms with Gasteiger partial charge in [-0.25, -0.2) is 0 Å². The number of aliphatic hydroxyl groups is 1. The molecule has 1 aromatic rings. The summed E-state index contributed by atoms with van der Waals surface area (Å²) in [4.78, 5) is 0. The summed E-state index contributed by atoms with van der Waals surface area (Å²) in [6.07, 6.45) is 1.53. The largest absolute Gasteiger partial charge is 0.491 e. The van der Waals surface area contributed by atoms with Gasteiger partial charge in [0.05, 0.1) is 19.8 Å². The van der Waals surface area contributed by atoms with E-state index in [4.69, 9.17) is 19.9 Å². The zero-order valence-electron chi connectivity index (χ0n) is 12.1. The van der Waals surface area contributed by atoms with E-state index in [-0.39, 0.29) is 13.2 Å². The molecule has 5 nitrogen and oxygen atoms in total. The minimum Gasteiger partial charge on any atom is -0.491 e. The number of nitrogen functional groups attached to an aromatic ring is 1. The number of ether oxygens (including phenoxy) is 3. The maximum Gasteiger partial charge on any atom is 0.121 e. The van der Waals surface area contributed by atoms with E-state index in [1.807, 2.05) is 0 Å². The maximum absolute atomic E-state index is 9.70. The second-order valence-electron chi connectivity index (χ2n) is 4.58. The fourth-order valence-electron chi connectivity index (χ4n) is 1.53. The highest BCUT2D eigenvalue weighted by Crippen LogP contribution is 2.14. The van der Waals surface area contributed by atoms with E-state index < -0.39 is 6.10 Å². The number of hydrogen-bond acceptors (Lipinski definition) is 5. The lowest BCUT2D eigenvalue weighted by Crippen LogP contribution is -2.24. The van der Waals surface area contributed by atoms with E-state index in [0.29, 0.717) is 24.7 Å². The minimum atomic E-state index is -0.660. The molecule has 0 fully saturated rings. The number of rotatable bonds is 11. The number of hydrogen-bond donors (Lipinski definition) is 2. The molecule has 0 bridgehead atoms. The maximum atomic E-state index is 9.70. The van der Waals surface area contributed by atoms with Crippen LogP contribution in [0.15, 0.2) is 24.3 Å². The molecule has 3 N–H and O–H groups in total. The van der Waals surface area contributed by atoms with Crippen molar-refractivity contribution >= 4 is 5.69 Å². The smallest absolute Gasteiger partial charge is 0.121 e. The molecule has 20 heavy (non-hydrogen) atoms. The average Bonchev–Trinajstić information content (AvgIpc) is 2.44. The first kappa shape index (κ1) is 16.8. The Morgan fingerprint density at radius 2 is 1.95 bits per heavy atom. The molecule has 0 heterocycles. The predicted octanol–water partition coefficient (Wildman–Crippen LogP) is 1.84. The molecule has 5 heteroatoms. The van der Waals surface area contributed by atoms with Crippen LogP contribution in [0.5, 0.6) is 5.75 Å². The Labute approximate surface area is 120 Å². The molecule has 0 aromatic heterocycles. The second-order valence-corrected chi connectivity index (χ2v) is 4.58. The lowest BCUT2D eigenvalue weighted by molar-refractivity contribution is -0.0111. The zero-order valence-corrected chi connectivity index (χ0v) is 12.1. The fourth-order valence-corrected chi connectivity index (χ4v) is 1.53. The van der Waals surface area contributed by atoms with Crippen LogP contribution in [0, 0.1) is 0 Å². The first-order chi connectivity index (χ1) is 9.72. The van der Waals surface area contributed by atoms with Crippen molar-refractivity contribution in [2.75, 3.05) is 38.8 Å². The van der Waals surface area contributed by atoms with Crippen LogP contribution >= 0.6 is 0 Å². The summed E-state index contributed by atoms with van der Waals surface area (Å²) in [7, 11) is 0. The van der Waals surface area contributed by atoms with E-state index >= 15 is 0 Å². The molecule has 0 saturated carbocycles. The normalized spacial score (nSPS) is 12.3. The molecule has 0 amide bonds. The van der Waals surface area contributed by atoms with Crippen molar-refractivity contribution in [2.45, 2.75) is 25.9 Å². The van der Waals surface area contributed by atoms with Gasteiger partial charge in [0, 0.05) is 18.4 Å². The number of anilines is 1. The standard InChI is InChI=1S/C15H25NO4/c1-2-3-7-18-8-9-19-11-14(17)12-20-15-6-4-5-13(16)10-15/h4-6,10,14,17H,2-3,7-9,11-12,16H2,1H3. The summed E-state index contributed by atoms with van der Waals surface area (Å²) >= 11 is 0. The molecule has 0 radical (unpaired) electrons. The third-order valence-electron chi connectivity index (χ3n) is 2.62. The van der Waals surface area contributed by atoms with Crippen molar-refractivity contribution in [3.63, 3.8) is 0 Å². The van der Waals surface area contributed by atoms with Crippen molar-refractivity contribution < 1.29 is 19.3 Å². The molecular weight excluding hydrogens is 258 g/mol. The Kier molecular flexibility index (Phi) is 8.78. The Hall–Kier alpha value is -1.30. The molecule has 0 aliphatic heterocycles. The Morgan fingerprint density at radius 1 is 1.15 bits per heavy atom. The second kappa shape index (κ2) is 10.5. The van der Waals surface area contributed by atoms with Crippen molar-refractivity contribution in [1.82, 2.24) is 0 Å². The molecule has 0 spiro atoms. The lowest BCUT2D eigenvalue weighted by Gasteiger charge is -2.13. The monoisotopic (exact) mass is 283 g/mol. The SMILES string of the molecule is CCCCOCCOCC(O)COc1cccc(N)c1. The number of nitrogens with two attached hydrogens (primary N) is 1. The van der Waals surface area contributed by atoms with Gasteiger partial charge in [-0.05, 0) is 18.6 Å². The summed E-state index contributed by atoms with van der Waals surface area (Å²) in [5.41, 5.74) is 6.27. The molecule has 0 saturated heterocycles. The predicted molar refractivity (Wildman–Crippen MR) is 78.9 cm³/mol. The highest BCUT2D eigenvalue weighted by atomic mass is 16.5. The summed E-state index contributed by atoms with van der Waals surface area (Å²) in [6.45, 7) is 4.35. The molecule has 1 atom stereocenters. The summed E-state index contributed by atoms with van der Waals surface area (Å²) in [6, 6.07) is 7.10. The third kappa shape index (κ3) is 7.99. The van der Waals surface area contributed by atoms with Gasteiger partial charge in [-0.3, -0.25) is 0 Å². The van der Waals surface area contributed by atoms with Gasteiger partial charge in [-0.15, -0.1) is 0 Å². The van der Waals surface area contributed by atoms with Crippen molar-refractivity contribution in [2.24, 2.45) is 0 Å². The Morgan fingerprint density at radius 3 is 2.70 bits per heavy atom. The van der Waals surface area contributed by atoms with E-state index in [1.54, 1.807) is 24.3 Å². The first-order valence-corrected chi connectivity index (χ1v) is 7.04. The third-order valence-corrected chi connectivity index (χ3v) is 2.62. The molecular formula is C15H25NO4. The van der Waals surface area contributed by atoms with Gasteiger partial charge >= 0.3 is 0 Å². The number of benzene rings is 1. The van der Waals surface area contributed by atoms with Crippen LogP contribution in [-0.4, -0.2) is 44.2 Å². The van der Waals surface area contributed by atoms with Crippen LogP contribution < -0.4 is 10.5 Å². The quantitative estimate of drug-likeness (QED) is 0.479. The van der Waals surface area contributed by atoms with Crippen molar-refractivity contribution in [3.8, 4) is 5.75 Å². The zero-order chi connectivity index (χ0) is 14.6. The van der Waals surface area contributed by atoms with Crippen LogP contribution in [-0.2, 0) is 9.47 Å². The van der Waals surface area contributed by atoms with Gasteiger partial charge in [0.25, 0.3) is 0 Å². The van der Waals surface area contributed by atoms with Gasteiger partial charge in [0.2, 0.25) is 0 Å². The summed E-state index contributed by atoms with van der Waals surface area (Å²) in [5.74, 6) is 0.645. The lowest BCUT2D eigenvalue weighted by atomic mass is 10.3. The molecule has 1 unspecified atom stereocenters. The average molecular weight is 283 g/mol. The van der Waals surface area contributed by atoms with Crippen molar-refractivity contribution in [1.29, 1.82) is 0 Å². The number of aliphatic hydroxyl groups excluding tert-OH is 1. The van der Waals surface area contributed by atoms with Gasteiger partial charge < -0.3 is 25.1 Å². The van der Waals surface area contributed by atoms with Gasteiger partial charge in [0.15, 0.2) is 0 Å². The Balaban J connectivity index is 2.01. The highest BCUT2D eigenvalue weighted by molar-refractivity contribution is 5.43. The van der Waals surface area contributed by atoms with E-state index in [1.165, 1.54) is 0 Å². The van der Waals surface area contributed by atoms with Gasteiger partial charge in [-0.2, -0.15) is 0 Å². The molecule has 1 rings (SSSR count). The van der Waals surface area contributed by atoms with Crippen LogP contribution in [0.2, 0.25) is 0 Å². The molecule has 114 valence electrons. The molecule has 0 aliphatic rings. The summed E-state index contributed by atoms with van der Waals surface area (Å²) in [5, 5.41) is 9.70. The first-order valence-electron chi connectivity index (χ1n) is 7.04. The number of unbranched alkanes of at least 4 members (excludes halogenated alkanes) is 1. The minimum absolute atomic E-state index is 0.181. The van der Waals surface area contributed by atoms with E-state index in [2.05, 4.69) is 6.92 Å². The highest BCUT2D eigenvalue weighted by Gasteiger charge is 2.05. The van der Waals surface area contributed by atoms with Crippen LogP contribution in [0.3, 0.4) is 0 Å². The topological polar surface area (TPSA) is 73.9 Å². The van der Waals surface area contributed by atoms with Crippen LogP contribution in [0.4, 0.5) is 5.69 Å². The van der Waals surface area contributed by atoms with Gasteiger partial charge in [0.1, 0.15) is 18.5 Å². The fraction of sp³-hybridized carbons (Fsp3) is 0.600. The molecule has 1 aromatic carbocycles. The van der Waals surface area contributed by atoms with E-state index in [9.17, 15) is 5.11 Å².